The van der Waals surface area contributed by atoms with Gasteiger partial charge in [-0.1, -0.05) is 23.8 Å². The van der Waals surface area contributed by atoms with Gasteiger partial charge in [0.05, 0.1) is 0 Å². The lowest BCUT2D eigenvalue weighted by molar-refractivity contribution is -0.0424. The normalized spacial score (nSPS) is 19.8. The first-order valence-electron chi connectivity index (χ1n) is 6.38. The molecule has 0 atom stereocenters. The van der Waals surface area contributed by atoms with Gasteiger partial charge in [-0.05, 0) is 32.3 Å². The molecule has 1 aromatic rings. The smallest absolute Gasteiger partial charge is 0.248 e. The average Bonchev–Trinajstić information content (AvgIpc) is 2.28. The zero-order valence-corrected chi connectivity index (χ0v) is 10.8. The Labute approximate surface area is 106 Å². The fourth-order valence-corrected chi connectivity index (χ4v) is 2.61. The quantitative estimate of drug-likeness (QED) is 0.717. The van der Waals surface area contributed by atoms with Crippen LogP contribution in [0.3, 0.4) is 0 Å². The fraction of sp³-hybridized carbons (Fsp3) is 0.533. The second-order valence-electron chi connectivity index (χ2n) is 5.31. The van der Waals surface area contributed by atoms with Crippen LogP contribution in [0.1, 0.15) is 47.2 Å². The van der Waals surface area contributed by atoms with Crippen molar-refractivity contribution >= 4 is 5.78 Å². The van der Waals surface area contributed by atoms with Crippen LogP contribution in [0.5, 0.6) is 0 Å². The molecule has 18 heavy (non-hydrogen) atoms. The zero-order valence-electron chi connectivity index (χ0n) is 10.8. The van der Waals surface area contributed by atoms with E-state index in [2.05, 4.69) is 0 Å². The maximum Gasteiger partial charge on any atom is 0.248 e. The molecule has 1 aliphatic carbocycles. The molecular weight excluding hydrogens is 234 g/mol. The predicted octanol–water partition coefficient (Wildman–Crippen LogP) is 4.31. The molecule has 0 saturated heterocycles. The largest absolute Gasteiger partial charge is 0.294 e. The summed E-state index contributed by atoms with van der Waals surface area (Å²) in [5.74, 6) is -2.77. The summed E-state index contributed by atoms with van der Waals surface area (Å²) >= 11 is 0. The second-order valence-corrected chi connectivity index (χ2v) is 5.31. The van der Waals surface area contributed by atoms with Crippen molar-refractivity contribution in [3.05, 3.63) is 34.9 Å². The Hall–Kier alpha value is -1.25. The van der Waals surface area contributed by atoms with Crippen LogP contribution in [0.15, 0.2) is 18.2 Å². The van der Waals surface area contributed by atoms with E-state index in [9.17, 15) is 13.6 Å². The number of halogens is 2. The number of Topliss-reactive ketones (excluding diaryl/α,β-unsaturated/α-hetero) is 1. The molecule has 0 N–H and O–H groups in total. The van der Waals surface area contributed by atoms with Gasteiger partial charge in [-0.3, -0.25) is 4.79 Å². The van der Waals surface area contributed by atoms with Crippen LogP contribution in [-0.4, -0.2) is 11.7 Å². The van der Waals surface area contributed by atoms with E-state index in [0.29, 0.717) is 18.4 Å². The first kappa shape index (κ1) is 13.2. The third-order valence-corrected chi connectivity index (χ3v) is 3.74. The molecule has 0 unspecified atom stereocenters. The molecule has 1 nitrogen and oxygen atoms in total. The van der Waals surface area contributed by atoms with Gasteiger partial charge in [-0.2, -0.15) is 0 Å². The molecule has 0 radical (unpaired) electrons. The van der Waals surface area contributed by atoms with Gasteiger partial charge in [-0.25, -0.2) is 8.78 Å². The first-order chi connectivity index (χ1) is 8.39. The monoisotopic (exact) mass is 252 g/mol. The molecule has 1 aromatic carbocycles. The Kier molecular flexibility index (Phi) is 3.51. The number of carbonyl (C=O) groups excluding carboxylic acids is 1. The highest BCUT2D eigenvalue weighted by Gasteiger charge is 2.37. The van der Waals surface area contributed by atoms with Gasteiger partial charge in [0, 0.05) is 24.3 Å². The van der Waals surface area contributed by atoms with Crippen LogP contribution in [0.2, 0.25) is 0 Å². The lowest BCUT2D eigenvalue weighted by Crippen LogP contribution is -2.29. The van der Waals surface area contributed by atoms with Crippen molar-refractivity contribution in [2.75, 3.05) is 0 Å². The molecule has 98 valence electrons. The van der Waals surface area contributed by atoms with Crippen molar-refractivity contribution in [3.63, 3.8) is 0 Å². The molecule has 0 spiro atoms. The van der Waals surface area contributed by atoms with Crippen LogP contribution in [0.4, 0.5) is 8.78 Å². The number of carbonyl (C=O) groups is 1. The van der Waals surface area contributed by atoms with Gasteiger partial charge in [0.15, 0.2) is 5.78 Å². The Morgan fingerprint density at radius 3 is 2.39 bits per heavy atom. The lowest BCUT2D eigenvalue weighted by Gasteiger charge is -2.27. The van der Waals surface area contributed by atoms with Crippen LogP contribution in [-0.2, 0) is 0 Å². The van der Waals surface area contributed by atoms with Gasteiger partial charge >= 0.3 is 0 Å². The van der Waals surface area contributed by atoms with E-state index >= 15 is 0 Å². The number of benzene rings is 1. The molecule has 2 rings (SSSR count). The van der Waals surface area contributed by atoms with Crippen molar-refractivity contribution in [1.82, 2.24) is 0 Å². The van der Waals surface area contributed by atoms with Crippen molar-refractivity contribution in [2.45, 2.75) is 45.5 Å². The van der Waals surface area contributed by atoms with Gasteiger partial charge in [0.2, 0.25) is 5.92 Å². The third-order valence-electron chi connectivity index (χ3n) is 3.74. The summed E-state index contributed by atoms with van der Waals surface area (Å²) in [6.45, 7) is 3.88. The van der Waals surface area contributed by atoms with Crippen LogP contribution in [0, 0.1) is 19.8 Å². The minimum atomic E-state index is -2.57. The lowest BCUT2D eigenvalue weighted by atomic mass is 9.81. The van der Waals surface area contributed by atoms with E-state index in [-0.39, 0.29) is 24.5 Å². The Morgan fingerprint density at radius 1 is 1.22 bits per heavy atom. The fourth-order valence-electron chi connectivity index (χ4n) is 2.61. The maximum absolute atomic E-state index is 13.1. The summed E-state index contributed by atoms with van der Waals surface area (Å²) < 4.78 is 26.1. The van der Waals surface area contributed by atoms with Crippen LogP contribution in [0.25, 0.3) is 0 Å². The number of hydrogen-bond acceptors (Lipinski definition) is 1. The standard InChI is InChI=1S/C15H18F2O/c1-10-3-4-13(11(2)9-10)14(18)12-5-7-15(16,17)8-6-12/h3-4,9,12H,5-8H2,1-2H3. The Balaban J connectivity index is 2.13. The molecule has 1 aliphatic rings. The van der Waals surface area contributed by atoms with E-state index in [0.717, 1.165) is 11.1 Å². The Morgan fingerprint density at radius 2 is 1.83 bits per heavy atom. The first-order valence-corrected chi connectivity index (χ1v) is 6.38. The number of hydrogen-bond donors (Lipinski definition) is 0. The van der Waals surface area contributed by atoms with E-state index in [1.165, 1.54) is 0 Å². The molecule has 0 aromatic heterocycles. The summed E-state index contributed by atoms with van der Waals surface area (Å²) in [6.07, 6.45) is 0.293. The molecule has 1 fully saturated rings. The SMILES string of the molecule is Cc1ccc(C(=O)C2CCC(F)(F)CC2)c(C)c1. The van der Waals surface area contributed by atoms with Crippen molar-refractivity contribution in [2.24, 2.45) is 5.92 Å². The van der Waals surface area contributed by atoms with Gasteiger partial charge in [-0.15, -0.1) is 0 Å². The van der Waals surface area contributed by atoms with E-state index in [1.807, 2.05) is 32.0 Å². The van der Waals surface area contributed by atoms with Crippen LogP contribution >= 0.6 is 0 Å². The van der Waals surface area contributed by atoms with E-state index < -0.39 is 5.92 Å². The molecule has 3 heteroatoms. The molecule has 0 heterocycles. The second kappa shape index (κ2) is 4.79. The molecule has 0 aliphatic heterocycles. The molecule has 0 amide bonds. The highest BCUT2D eigenvalue weighted by molar-refractivity contribution is 5.99. The molecule has 0 bridgehead atoms. The summed E-state index contributed by atoms with van der Waals surface area (Å²) in [5, 5.41) is 0. The van der Waals surface area contributed by atoms with Gasteiger partial charge in [0.1, 0.15) is 0 Å². The third kappa shape index (κ3) is 2.77. The van der Waals surface area contributed by atoms with Crippen molar-refractivity contribution in [3.8, 4) is 0 Å². The number of aryl methyl sites for hydroxylation is 2. The predicted molar refractivity (Wildman–Crippen MR) is 67.2 cm³/mol. The number of alkyl halides is 2. The average molecular weight is 252 g/mol. The zero-order chi connectivity index (χ0) is 13.3. The van der Waals surface area contributed by atoms with Gasteiger partial charge in [0.25, 0.3) is 0 Å². The van der Waals surface area contributed by atoms with Crippen molar-refractivity contribution in [1.29, 1.82) is 0 Å². The Bertz CT molecular complexity index is 456. The highest BCUT2D eigenvalue weighted by atomic mass is 19.3. The summed E-state index contributed by atoms with van der Waals surface area (Å²) in [5.41, 5.74) is 2.74. The number of ketones is 1. The highest BCUT2D eigenvalue weighted by Crippen LogP contribution is 2.37. The summed E-state index contributed by atoms with van der Waals surface area (Å²) in [7, 11) is 0. The van der Waals surface area contributed by atoms with E-state index in [1.54, 1.807) is 0 Å². The minimum Gasteiger partial charge on any atom is -0.294 e. The molecule has 1 saturated carbocycles. The minimum absolute atomic E-state index is 0.0306. The van der Waals surface area contributed by atoms with Gasteiger partial charge < -0.3 is 0 Å². The molecular formula is C15H18F2O. The summed E-state index contributed by atoms with van der Waals surface area (Å²) in [6, 6.07) is 5.68. The maximum atomic E-state index is 13.1. The topological polar surface area (TPSA) is 17.1 Å². The number of rotatable bonds is 2. The van der Waals surface area contributed by atoms with E-state index in [4.69, 9.17) is 0 Å². The van der Waals surface area contributed by atoms with Crippen LogP contribution < -0.4 is 0 Å². The van der Waals surface area contributed by atoms with Crippen molar-refractivity contribution < 1.29 is 13.6 Å². The summed E-state index contributed by atoms with van der Waals surface area (Å²) in [4.78, 5) is 12.3.